The predicted molar refractivity (Wildman–Crippen MR) is 73.9 cm³/mol. The van der Waals surface area contributed by atoms with E-state index in [0.29, 0.717) is 11.8 Å². The van der Waals surface area contributed by atoms with Crippen molar-refractivity contribution in [2.45, 2.75) is 25.3 Å². The summed E-state index contributed by atoms with van der Waals surface area (Å²) in [5.41, 5.74) is 2.73. The van der Waals surface area contributed by atoms with Crippen LogP contribution in [0.25, 0.3) is 0 Å². The molecule has 3 aliphatic rings. The monoisotopic (exact) mass is 257 g/mol. The van der Waals surface area contributed by atoms with Crippen molar-refractivity contribution in [3.05, 3.63) is 47.5 Å². The fourth-order valence-electron chi connectivity index (χ4n) is 3.39. The van der Waals surface area contributed by atoms with Crippen LogP contribution in [-0.4, -0.2) is 30.7 Å². The molecule has 2 aliphatic heterocycles. The summed E-state index contributed by atoms with van der Waals surface area (Å²) in [5.74, 6) is 0.858. The van der Waals surface area contributed by atoms with E-state index in [-0.39, 0.29) is 12.1 Å². The van der Waals surface area contributed by atoms with E-state index in [9.17, 15) is 4.79 Å². The summed E-state index contributed by atoms with van der Waals surface area (Å²) in [4.78, 5) is 13.8. The standard InChI is InChI=1S/C16H19NO2/c1-11-8-15-14(12-6-4-3-5-7-12)9-13(11)10-17(15)16(18)19-2/h3-8,13-15H,9-10H2,1-2H3/t13-,14+,15+/m1/s1. The minimum Gasteiger partial charge on any atom is -0.453 e. The quantitative estimate of drug-likeness (QED) is 0.723. The van der Waals surface area contributed by atoms with Gasteiger partial charge in [-0.05, 0) is 24.8 Å². The van der Waals surface area contributed by atoms with Gasteiger partial charge < -0.3 is 9.64 Å². The summed E-state index contributed by atoms with van der Waals surface area (Å²) >= 11 is 0. The Labute approximate surface area is 113 Å². The molecule has 100 valence electrons. The number of carbonyl (C=O) groups excluding carboxylic acids is 1. The van der Waals surface area contributed by atoms with E-state index in [4.69, 9.17) is 4.74 Å². The number of rotatable bonds is 1. The summed E-state index contributed by atoms with van der Waals surface area (Å²) in [5, 5.41) is 0. The Kier molecular flexibility index (Phi) is 3.05. The van der Waals surface area contributed by atoms with Crippen molar-refractivity contribution in [3.63, 3.8) is 0 Å². The Morgan fingerprint density at radius 1 is 1.32 bits per heavy atom. The second kappa shape index (κ2) is 4.72. The first-order valence-electron chi connectivity index (χ1n) is 6.78. The molecular formula is C16H19NO2. The zero-order valence-electron chi connectivity index (χ0n) is 11.4. The number of piperidine rings is 1. The third-order valence-corrected chi connectivity index (χ3v) is 4.44. The second-order valence-electron chi connectivity index (χ2n) is 5.47. The lowest BCUT2D eigenvalue weighted by Gasteiger charge is -2.47. The summed E-state index contributed by atoms with van der Waals surface area (Å²) in [6.07, 6.45) is 3.16. The maximum Gasteiger partial charge on any atom is 0.410 e. The van der Waals surface area contributed by atoms with Crippen LogP contribution in [0, 0.1) is 5.92 Å². The molecule has 3 nitrogen and oxygen atoms in total. The van der Waals surface area contributed by atoms with Gasteiger partial charge in [-0.3, -0.25) is 0 Å². The summed E-state index contributed by atoms with van der Waals surface area (Å²) in [7, 11) is 1.46. The first-order valence-corrected chi connectivity index (χ1v) is 6.78. The van der Waals surface area contributed by atoms with Gasteiger partial charge in [0.15, 0.2) is 0 Å². The molecule has 0 spiro atoms. The highest BCUT2D eigenvalue weighted by Crippen LogP contribution is 2.43. The Hall–Kier alpha value is -1.77. The van der Waals surface area contributed by atoms with Crippen molar-refractivity contribution < 1.29 is 9.53 Å². The molecule has 1 aromatic carbocycles. The number of hydrogen-bond acceptors (Lipinski definition) is 2. The van der Waals surface area contributed by atoms with E-state index in [1.54, 1.807) is 0 Å². The van der Waals surface area contributed by atoms with Crippen LogP contribution in [0.3, 0.4) is 0 Å². The highest BCUT2D eigenvalue weighted by atomic mass is 16.5. The highest BCUT2D eigenvalue weighted by molar-refractivity contribution is 5.69. The molecule has 3 atom stereocenters. The minimum absolute atomic E-state index is 0.139. The van der Waals surface area contributed by atoms with Gasteiger partial charge in [0.05, 0.1) is 13.2 Å². The van der Waals surface area contributed by atoms with Crippen LogP contribution < -0.4 is 0 Å². The smallest absolute Gasteiger partial charge is 0.410 e. The number of amides is 1. The fraction of sp³-hybridized carbons (Fsp3) is 0.438. The Bertz CT molecular complexity index is 509. The van der Waals surface area contributed by atoms with Crippen molar-refractivity contribution in [2.24, 2.45) is 5.92 Å². The van der Waals surface area contributed by atoms with Gasteiger partial charge in [0.25, 0.3) is 0 Å². The average Bonchev–Trinajstić information content (AvgIpc) is 2.47. The summed E-state index contributed by atoms with van der Waals surface area (Å²) < 4.78 is 4.92. The van der Waals surface area contributed by atoms with Crippen molar-refractivity contribution >= 4 is 6.09 Å². The van der Waals surface area contributed by atoms with Gasteiger partial charge in [-0.2, -0.15) is 0 Å². The Balaban J connectivity index is 1.94. The molecule has 1 aromatic rings. The van der Waals surface area contributed by atoms with E-state index in [2.05, 4.69) is 37.3 Å². The zero-order chi connectivity index (χ0) is 13.4. The number of hydrogen-bond donors (Lipinski definition) is 0. The van der Waals surface area contributed by atoms with E-state index in [1.165, 1.54) is 18.2 Å². The van der Waals surface area contributed by atoms with Crippen molar-refractivity contribution in [1.82, 2.24) is 4.90 Å². The molecule has 2 heterocycles. The normalized spacial score (nSPS) is 29.1. The van der Waals surface area contributed by atoms with Gasteiger partial charge in [0.1, 0.15) is 0 Å². The topological polar surface area (TPSA) is 29.5 Å². The van der Waals surface area contributed by atoms with Crippen LogP contribution in [0.1, 0.15) is 24.8 Å². The third-order valence-electron chi connectivity index (χ3n) is 4.44. The fourth-order valence-corrected chi connectivity index (χ4v) is 3.39. The van der Waals surface area contributed by atoms with Crippen LogP contribution >= 0.6 is 0 Å². The highest BCUT2D eigenvalue weighted by Gasteiger charge is 2.42. The molecule has 1 amide bonds. The van der Waals surface area contributed by atoms with Crippen molar-refractivity contribution in [3.8, 4) is 0 Å². The Morgan fingerprint density at radius 2 is 2.05 bits per heavy atom. The number of methoxy groups -OCH3 is 1. The molecule has 0 aromatic heterocycles. The van der Waals surface area contributed by atoms with E-state index >= 15 is 0 Å². The van der Waals surface area contributed by atoms with E-state index < -0.39 is 0 Å². The Morgan fingerprint density at radius 3 is 2.68 bits per heavy atom. The molecule has 0 saturated carbocycles. The van der Waals surface area contributed by atoms with Crippen molar-refractivity contribution in [2.75, 3.05) is 13.7 Å². The first-order chi connectivity index (χ1) is 9.20. The second-order valence-corrected chi connectivity index (χ2v) is 5.47. The van der Waals surface area contributed by atoms with Gasteiger partial charge in [0, 0.05) is 12.5 Å². The van der Waals surface area contributed by atoms with Crippen LogP contribution in [0.2, 0.25) is 0 Å². The predicted octanol–water partition coefficient (Wildman–Crippen LogP) is 3.19. The number of carbonyl (C=O) groups is 1. The molecule has 1 aliphatic carbocycles. The maximum atomic E-state index is 11.9. The lowest BCUT2D eigenvalue weighted by Crippen LogP contribution is -2.53. The molecule has 0 N–H and O–H groups in total. The molecule has 19 heavy (non-hydrogen) atoms. The number of ether oxygens (including phenoxy) is 1. The maximum absolute atomic E-state index is 11.9. The lowest BCUT2D eigenvalue weighted by atomic mass is 9.71. The van der Waals surface area contributed by atoms with Gasteiger partial charge >= 0.3 is 6.09 Å². The largest absolute Gasteiger partial charge is 0.453 e. The van der Waals surface area contributed by atoms with Crippen LogP contribution in [0.15, 0.2) is 42.0 Å². The van der Waals surface area contributed by atoms with E-state index in [1.807, 2.05) is 11.0 Å². The summed E-state index contributed by atoms with van der Waals surface area (Å²) in [6, 6.07) is 10.6. The summed E-state index contributed by atoms with van der Waals surface area (Å²) in [6.45, 7) is 2.97. The molecule has 3 heteroatoms. The van der Waals surface area contributed by atoms with Gasteiger partial charge in [-0.1, -0.05) is 42.0 Å². The lowest BCUT2D eigenvalue weighted by molar-refractivity contribution is 0.0742. The third kappa shape index (κ3) is 2.03. The number of fused-ring (bicyclic) bond motifs is 2. The van der Waals surface area contributed by atoms with E-state index in [0.717, 1.165) is 13.0 Å². The van der Waals surface area contributed by atoms with Crippen LogP contribution in [-0.2, 0) is 4.74 Å². The van der Waals surface area contributed by atoms with Gasteiger partial charge in [-0.15, -0.1) is 0 Å². The van der Waals surface area contributed by atoms with Crippen LogP contribution in [0.5, 0.6) is 0 Å². The zero-order valence-corrected chi connectivity index (χ0v) is 11.4. The van der Waals surface area contributed by atoms with Gasteiger partial charge in [0.2, 0.25) is 0 Å². The molecule has 1 fully saturated rings. The molecule has 0 unspecified atom stereocenters. The average molecular weight is 257 g/mol. The molecular weight excluding hydrogens is 238 g/mol. The first kappa shape index (κ1) is 12.3. The SMILES string of the molecule is COC(=O)N1C[C@H]2C[C@@H](c3ccccc3)[C@@H]1C=C2C. The van der Waals surface area contributed by atoms with Crippen molar-refractivity contribution in [1.29, 1.82) is 0 Å². The number of benzene rings is 1. The minimum atomic E-state index is -0.209. The van der Waals surface area contributed by atoms with Crippen LogP contribution in [0.4, 0.5) is 4.79 Å². The number of nitrogens with zero attached hydrogens (tertiary/aromatic N) is 1. The molecule has 4 rings (SSSR count). The molecule has 0 radical (unpaired) electrons. The van der Waals surface area contributed by atoms with Gasteiger partial charge in [-0.25, -0.2) is 4.79 Å². The molecule has 2 bridgehead atoms. The molecule has 1 saturated heterocycles.